The third-order valence-corrected chi connectivity index (χ3v) is 5.96. The highest BCUT2D eigenvalue weighted by Gasteiger charge is 2.47. The molecule has 0 aromatic heterocycles. The number of rotatable bonds is 5. The average Bonchev–Trinajstić information content (AvgIpc) is 3.03. The Labute approximate surface area is 153 Å². The molecule has 1 unspecified atom stereocenters. The minimum absolute atomic E-state index is 0.185. The molecule has 2 aliphatic heterocycles. The van der Waals surface area contributed by atoms with Crippen LogP contribution in [0.5, 0.6) is 0 Å². The maximum atomic E-state index is 10.8. The number of hydrogen-bond donors (Lipinski definition) is 1. The van der Waals surface area contributed by atoms with Crippen LogP contribution in [0.3, 0.4) is 0 Å². The van der Waals surface area contributed by atoms with Crippen molar-refractivity contribution in [3.8, 4) is 0 Å². The Morgan fingerprint density at radius 3 is 2.92 bits per heavy atom. The number of thioether (sulfide) groups is 1. The topological polar surface area (TPSA) is 39.1 Å². The number of hydroxylamine groups is 2. The largest absolute Gasteiger partial charge is 0.334 e. The summed E-state index contributed by atoms with van der Waals surface area (Å²) in [6.07, 6.45) is 5.55. The number of benzene rings is 1. The Bertz CT molecular complexity index is 699. The lowest BCUT2D eigenvalue weighted by Gasteiger charge is -2.36. The maximum Gasteiger partial charge on any atom is 0.142 e. The van der Waals surface area contributed by atoms with Gasteiger partial charge in [-0.15, -0.1) is 0 Å². The van der Waals surface area contributed by atoms with Gasteiger partial charge in [-0.2, -0.15) is 0 Å². The van der Waals surface area contributed by atoms with E-state index in [4.69, 9.17) is 12.2 Å². The average molecular weight is 362 g/mol. The van der Waals surface area contributed by atoms with Crippen molar-refractivity contribution in [3.05, 3.63) is 36.0 Å². The summed E-state index contributed by atoms with van der Waals surface area (Å²) in [5.74, 6) is 0. The van der Waals surface area contributed by atoms with Crippen molar-refractivity contribution >= 4 is 45.8 Å². The van der Waals surface area contributed by atoms with Crippen LogP contribution >= 0.6 is 24.0 Å². The van der Waals surface area contributed by atoms with Crippen LogP contribution in [0, 0.1) is 0 Å². The second-order valence-electron chi connectivity index (χ2n) is 6.63. The van der Waals surface area contributed by atoms with Crippen LogP contribution in [0.4, 0.5) is 5.69 Å². The van der Waals surface area contributed by atoms with E-state index in [1.807, 2.05) is 24.3 Å². The van der Waals surface area contributed by atoms with Gasteiger partial charge in [0.25, 0.3) is 0 Å². The summed E-state index contributed by atoms with van der Waals surface area (Å²) in [7, 11) is 0. The van der Waals surface area contributed by atoms with Gasteiger partial charge < -0.3 is 4.90 Å². The van der Waals surface area contributed by atoms with Gasteiger partial charge in [0.15, 0.2) is 0 Å². The zero-order valence-corrected chi connectivity index (χ0v) is 15.9. The summed E-state index contributed by atoms with van der Waals surface area (Å²) < 4.78 is 0.669. The quantitative estimate of drug-likeness (QED) is 0.609. The van der Waals surface area contributed by atoms with E-state index >= 15 is 0 Å². The van der Waals surface area contributed by atoms with Crippen LogP contribution < -0.4 is 0 Å². The number of para-hydroxylation sites is 1. The van der Waals surface area contributed by atoms with Gasteiger partial charge >= 0.3 is 0 Å². The molecule has 1 atom stereocenters. The molecule has 2 heterocycles. The van der Waals surface area contributed by atoms with Gasteiger partial charge in [0.1, 0.15) is 10.5 Å². The molecule has 2 aliphatic rings. The van der Waals surface area contributed by atoms with E-state index in [1.165, 1.54) is 5.06 Å². The normalized spacial score (nSPS) is 23.2. The second kappa shape index (κ2) is 6.86. The lowest BCUT2D eigenvalue weighted by Crippen LogP contribution is -2.50. The molecule has 4 nitrogen and oxygen atoms in total. The SMILES string of the molecule is CCCCN1C(=S)SC(C)(C)C1N(O)/C=C1\C=Nc2ccccc21. The van der Waals surface area contributed by atoms with E-state index in [-0.39, 0.29) is 10.9 Å². The lowest BCUT2D eigenvalue weighted by molar-refractivity contribution is -0.121. The van der Waals surface area contributed by atoms with E-state index in [0.717, 1.165) is 40.5 Å². The van der Waals surface area contributed by atoms with Crippen LogP contribution in [-0.4, -0.2) is 43.2 Å². The molecule has 3 rings (SSSR count). The maximum absolute atomic E-state index is 10.8. The van der Waals surface area contributed by atoms with E-state index in [1.54, 1.807) is 24.2 Å². The van der Waals surface area contributed by atoms with E-state index < -0.39 is 0 Å². The predicted octanol–water partition coefficient (Wildman–Crippen LogP) is 4.67. The summed E-state index contributed by atoms with van der Waals surface area (Å²) in [5, 5.41) is 12.1. The Morgan fingerprint density at radius 1 is 1.42 bits per heavy atom. The van der Waals surface area contributed by atoms with E-state index in [9.17, 15) is 5.21 Å². The van der Waals surface area contributed by atoms with Crippen molar-refractivity contribution < 1.29 is 5.21 Å². The summed E-state index contributed by atoms with van der Waals surface area (Å²) in [6, 6.07) is 7.96. The molecular weight excluding hydrogens is 338 g/mol. The number of thiocarbonyl (C=S) groups is 1. The molecule has 6 heteroatoms. The van der Waals surface area contributed by atoms with Crippen molar-refractivity contribution in [1.82, 2.24) is 9.96 Å². The number of unbranched alkanes of at least 4 members (excludes halogenated alkanes) is 1. The first kappa shape index (κ1) is 17.5. The Morgan fingerprint density at radius 2 is 2.17 bits per heavy atom. The van der Waals surface area contributed by atoms with Crippen molar-refractivity contribution in [2.75, 3.05) is 6.54 Å². The molecule has 0 radical (unpaired) electrons. The molecule has 1 aromatic carbocycles. The molecule has 0 amide bonds. The van der Waals surface area contributed by atoms with Crippen LogP contribution in [0.1, 0.15) is 39.2 Å². The van der Waals surface area contributed by atoms with Gasteiger partial charge in [-0.3, -0.25) is 10.2 Å². The number of allylic oxidation sites excluding steroid dienone is 1. The molecule has 0 bridgehead atoms. The molecular formula is C18H23N3OS2. The highest BCUT2D eigenvalue weighted by molar-refractivity contribution is 8.24. The highest BCUT2D eigenvalue weighted by Crippen LogP contribution is 2.43. The third-order valence-electron chi connectivity index (χ3n) is 4.33. The molecule has 24 heavy (non-hydrogen) atoms. The van der Waals surface area contributed by atoms with Crippen molar-refractivity contribution in [2.24, 2.45) is 4.99 Å². The van der Waals surface area contributed by atoms with Gasteiger partial charge in [-0.05, 0) is 26.3 Å². The van der Waals surface area contributed by atoms with Gasteiger partial charge in [-0.1, -0.05) is 55.5 Å². The molecule has 0 spiro atoms. The number of fused-ring (bicyclic) bond motifs is 1. The lowest BCUT2D eigenvalue weighted by atomic mass is 10.1. The minimum atomic E-state index is -0.189. The fraction of sp³-hybridized carbons (Fsp3) is 0.444. The number of hydrogen-bond acceptors (Lipinski definition) is 5. The fourth-order valence-electron chi connectivity index (χ4n) is 3.17. The van der Waals surface area contributed by atoms with Crippen molar-refractivity contribution in [1.29, 1.82) is 0 Å². The standard InChI is InChI=1S/C18H23N3OS2/c1-4-5-10-20-16(18(2,3)24-17(20)23)21(22)12-13-11-19-15-9-7-6-8-14(13)15/h6-9,11-12,16,22H,4-5,10H2,1-3H3/b13-12+. The number of nitrogens with zero attached hydrogens (tertiary/aromatic N) is 3. The van der Waals surface area contributed by atoms with Crippen LogP contribution in [-0.2, 0) is 0 Å². The second-order valence-corrected chi connectivity index (χ2v) is 8.92. The Hall–Kier alpha value is -1.37. The first-order chi connectivity index (χ1) is 11.4. The first-order valence-electron chi connectivity index (χ1n) is 8.26. The van der Waals surface area contributed by atoms with Crippen LogP contribution in [0.2, 0.25) is 0 Å². The zero-order valence-electron chi connectivity index (χ0n) is 14.3. The van der Waals surface area contributed by atoms with Gasteiger partial charge in [-0.25, -0.2) is 5.06 Å². The van der Waals surface area contributed by atoms with Gasteiger partial charge in [0, 0.05) is 30.1 Å². The van der Waals surface area contributed by atoms with Gasteiger partial charge in [0.05, 0.1) is 10.4 Å². The summed E-state index contributed by atoms with van der Waals surface area (Å²) in [4.78, 5) is 6.54. The fourth-order valence-corrected chi connectivity index (χ4v) is 5.10. The van der Waals surface area contributed by atoms with E-state index in [0.29, 0.717) is 0 Å². The van der Waals surface area contributed by atoms with E-state index in [2.05, 4.69) is 30.7 Å². The zero-order chi connectivity index (χ0) is 17.3. The number of aliphatic imine (C=N–C) groups is 1. The minimum Gasteiger partial charge on any atom is -0.334 e. The molecule has 1 N–H and O–H groups in total. The summed E-state index contributed by atoms with van der Waals surface area (Å²) in [5.41, 5.74) is 2.90. The highest BCUT2D eigenvalue weighted by atomic mass is 32.2. The van der Waals surface area contributed by atoms with Crippen molar-refractivity contribution in [2.45, 2.75) is 44.5 Å². The Balaban J connectivity index is 1.87. The van der Waals surface area contributed by atoms with Crippen molar-refractivity contribution in [3.63, 3.8) is 0 Å². The molecule has 128 valence electrons. The summed E-state index contributed by atoms with van der Waals surface area (Å²) >= 11 is 7.20. The predicted molar refractivity (Wildman–Crippen MR) is 106 cm³/mol. The smallest absolute Gasteiger partial charge is 0.142 e. The van der Waals surface area contributed by atoms with Gasteiger partial charge in [0.2, 0.25) is 0 Å². The third kappa shape index (κ3) is 3.23. The molecule has 1 aromatic rings. The molecule has 1 fully saturated rings. The molecule has 0 aliphatic carbocycles. The Kier molecular flexibility index (Phi) is 4.99. The van der Waals surface area contributed by atoms with Crippen LogP contribution in [0.15, 0.2) is 35.5 Å². The molecule has 0 saturated carbocycles. The molecule has 1 saturated heterocycles. The monoisotopic (exact) mass is 361 g/mol. The summed E-state index contributed by atoms with van der Waals surface area (Å²) in [6.45, 7) is 7.27. The van der Waals surface area contributed by atoms with Crippen LogP contribution in [0.25, 0.3) is 5.57 Å². The first-order valence-corrected chi connectivity index (χ1v) is 9.48.